The van der Waals surface area contributed by atoms with Crippen LogP contribution in [0.3, 0.4) is 0 Å². The molecule has 0 aliphatic heterocycles. The fourth-order valence-corrected chi connectivity index (χ4v) is 3.90. The van der Waals surface area contributed by atoms with Crippen LogP contribution >= 0.6 is 15.9 Å². The van der Waals surface area contributed by atoms with Crippen LogP contribution in [0.25, 0.3) is 0 Å². The van der Waals surface area contributed by atoms with Gasteiger partial charge in [0.2, 0.25) is 0 Å². The Labute approximate surface area is 85.3 Å². The largest absolute Gasteiger partial charge is 0.247 e. The summed E-state index contributed by atoms with van der Waals surface area (Å²) in [4.78, 5) is 0.333. The van der Waals surface area contributed by atoms with Crippen LogP contribution in [0.1, 0.15) is 29.4 Å². The maximum absolute atomic E-state index is 13.5. The van der Waals surface area contributed by atoms with Crippen molar-refractivity contribution in [3.8, 4) is 0 Å². The average Bonchev–Trinajstić information content (AvgIpc) is 2.56. The van der Waals surface area contributed by atoms with Crippen molar-refractivity contribution in [2.24, 2.45) is 0 Å². The summed E-state index contributed by atoms with van der Waals surface area (Å²) in [6.07, 6.45) is 0.0710. The summed E-state index contributed by atoms with van der Waals surface area (Å²) in [7, 11) is 0. The summed E-state index contributed by atoms with van der Waals surface area (Å²) in [5.41, 5.74) is 2.59. The molecule has 13 heavy (non-hydrogen) atoms. The molecule has 0 aromatic heterocycles. The molecule has 1 aromatic carbocycles. The van der Waals surface area contributed by atoms with E-state index in [9.17, 15) is 4.39 Å². The monoisotopic (exact) mass is 240 g/mol. The van der Waals surface area contributed by atoms with Gasteiger partial charge in [0.15, 0.2) is 0 Å². The van der Waals surface area contributed by atoms with Crippen molar-refractivity contribution >= 4 is 15.9 Å². The van der Waals surface area contributed by atoms with Crippen molar-refractivity contribution in [1.29, 1.82) is 0 Å². The number of benzene rings is 1. The average molecular weight is 241 g/mol. The Kier molecular flexibility index (Phi) is 1.58. The maximum Gasteiger partial charge on any atom is 0.109 e. The first-order valence-corrected chi connectivity index (χ1v) is 5.57. The van der Waals surface area contributed by atoms with E-state index in [2.05, 4.69) is 28.1 Å². The van der Waals surface area contributed by atoms with Crippen LogP contribution in [0.2, 0.25) is 0 Å². The summed E-state index contributed by atoms with van der Waals surface area (Å²) < 4.78 is 13.5. The van der Waals surface area contributed by atoms with Gasteiger partial charge in [-0.3, -0.25) is 0 Å². The zero-order chi connectivity index (χ0) is 9.00. The van der Waals surface area contributed by atoms with Crippen molar-refractivity contribution in [1.82, 2.24) is 0 Å². The third-order valence-corrected chi connectivity index (χ3v) is 4.56. The van der Waals surface area contributed by atoms with Crippen LogP contribution in [0, 0.1) is 0 Å². The van der Waals surface area contributed by atoms with Crippen LogP contribution in [0.5, 0.6) is 0 Å². The summed E-state index contributed by atoms with van der Waals surface area (Å²) in [6, 6.07) is 8.26. The van der Waals surface area contributed by atoms with E-state index in [4.69, 9.17) is 0 Å². The molecular formula is C11H10BrF. The van der Waals surface area contributed by atoms with Crippen LogP contribution in [0.15, 0.2) is 24.3 Å². The summed E-state index contributed by atoms with van der Waals surface area (Å²) in [5, 5.41) is 0. The number of halogens is 2. The first kappa shape index (κ1) is 7.98. The second-order valence-corrected chi connectivity index (χ2v) is 5.01. The smallest absolute Gasteiger partial charge is 0.109 e. The maximum atomic E-state index is 13.5. The molecule has 1 aromatic rings. The fraction of sp³-hybridized carbons (Fsp3) is 0.455. The zero-order valence-electron chi connectivity index (χ0n) is 7.08. The fourth-order valence-electron chi connectivity index (χ4n) is 2.79. The Morgan fingerprint density at radius 2 is 1.92 bits per heavy atom. The Balaban J connectivity index is 2.18. The summed E-state index contributed by atoms with van der Waals surface area (Å²) in [6.45, 7) is 0. The molecule has 0 N–H and O–H groups in total. The van der Waals surface area contributed by atoms with Gasteiger partial charge in [-0.05, 0) is 17.5 Å². The molecule has 4 atom stereocenters. The van der Waals surface area contributed by atoms with E-state index in [0.717, 1.165) is 0 Å². The second kappa shape index (κ2) is 2.57. The molecule has 2 aliphatic carbocycles. The Bertz CT molecular complexity index is 350. The van der Waals surface area contributed by atoms with Crippen LogP contribution < -0.4 is 0 Å². The quantitative estimate of drug-likeness (QED) is 0.611. The van der Waals surface area contributed by atoms with Crippen LogP contribution in [0.4, 0.5) is 4.39 Å². The lowest BCUT2D eigenvalue weighted by atomic mass is 9.91. The minimum absolute atomic E-state index is 0.112. The molecule has 0 amide bonds. The normalized spacial score (nSPS) is 40.8. The van der Waals surface area contributed by atoms with Gasteiger partial charge >= 0.3 is 0 Å². The first-order valence-electron chi connectivity index (χ1n) is 4.66. The van der Waals surface area contributed by atoms with E-state index in [0.29, 0.717) is 17.2 Å². The number of alkyl halides is 2. The van der Waals surface area contributed by atoms with E-state index in [-0.39, 0.29) is 5.92 Å². The van der Waals surface area contributed by atoms with Crippen molar-refractivity contribution in [2.75, 3.05) is 0 Å². The van der Waals surface area contributed by atoms with Crippen LogP contribution in [-0.4, -0.2) is 11.0 Å². The van der Waals surface area contributed by atoms with Gasteiger partial charge in [-0.2, -0.15) is 0 Å². The van der Waals surface area contributed by atoms with Crippen molar-refractivity contribution in [2.45, 2.75) is 29.3 Å². The number of hydrogen-bond donors (Lipinski definition) is 0. The highest BCUT2D eigenvalue weighted by molar-refractivity contribution is 9.09. The van der Waals surface area contributed by atoms with Crippen LogP contribution in [-0.2, 0) is 0 Å². The Hall–Kier alpha value is -0.370. The molecule has 0 nitrogen and oxygen atoms in total. The first-order chi connectivity index (χ1) is 6.29. The molecule has 1 saturated carbocycles. The molecule has 2 heteroatoms. The van der Waals surface area contributed by atoms with Crippen molar-refractivity contribution < 1.29 is 4.39 Å². The zero-order valence-corrected chi connectivity index (χ0v) is 8.67. The minimum Gasteiger partial charge on any atom is -0.247 e. The molecule has 2 bridgehead atoms. The van der Waals surface area contributed by atoms with Gasteiger partial charge in [-0.25, -0.2) is 4.39 Å². The third-order valence-electron chi connectivity index (χ3n) is 3.35. The van der Waals surface area contributed by atoms with Gasteiger partial charge in [0.1, 0.15) is 6.17 Å². The predicted octanol–water partition coefficient (Wildman–Crippen LogP) is 3.37. The number of hydrogen-bond acceptors (Lipinski definition) is 0. The Morgan fingerprint density at radius 1 is 1.23 bits per heavy atom. The molecule has 0 saturated heterocycles. The Morgan fingerprint density at radius 3 is 2.69 bits per heavy atom. The van der Waals surface area contributed by atoms with Crippen molar-refractivity contribution in [3.63, 3.8) is 0 Å². The van der Waals surface area contributed by atoms with E-state index in [1.165, 1.54) is 11.1 Å². The van der Waals surface area contributed by atoms with E-state index in [1.807, 2.05) is 12.1 Å². The van der Waals surface area contributed by atoms with Gasteiger partial charge in [0.05, 0.1) is 0 Å². The molecule has 2 aliphatic rings. The molecule has 3 rings (SSSR count). The van der Waals surface area contributed by atoms with Gasteiger partial charge in [0.25, 0.3) is 0 Å². The molecule has 68 valence electrons. The van der Waals surface area contributed by atoms with Gasteiger partial charge in [-0.15, -0.1) is 0 Å². The highest BCUT2D eigenvalue weighted by Gasteiger charge is 2.50. The lowest BCUT2D eigenvalue weighted by Crippen LogP contribution is -2.11. The standard InChI is InChI=1S/C11H10BrF/c12-11-8-5-9(13)10(11)7-4-2-1-3-6(7)8/h1-4,8-11H,5H2. The second-order valence-electron chi connectivity index (χ2n) is 3.96. The molecule has 4 unspecified atom stereocenters. The summed E-state index contributed by atoms with van der Waals surface area (Å²) >= 11 is 3.61. The number of rotatable bonds is 0. The molecule has 0 radical (unpaired) electrons. The SMILES string of the molecule is FC1CC2c3ccccc3C1C2Br. The highest BCUT2D eigenvalue weighted by atomic mass is 79.9. The van der Waals surface area contributed by atoms with Gasteiger partial charge < -0.3 is 0 Å². The van der Waals surface area contributed by atoms with Gasteiger partial charge in [-0.1, -0.05) is 40.2 Å². The van der Waals surface area contributed by atoms with E-state index in [1.54, 1.807) is 0 Å². The lowest BCUT2D eigenvalue weighted by molar-refractivity contribution is 0.304. The van der Waals surface area contributed by atoms with Gasteiger partial charge in [0, 0.05) is 16.7 Å². The molecule has 1 fully saturated rings. The highest BCUT2D eigenvalue weighted by Crippen LogP contribution is 2.57. The lowest BCUT2D eigenvalue weighted by Gasteiger charge is -2.17. The predicted molar refractivity (Wildman–Crippen MR) is 54.2 cm³/mol. The summed E-state index contributed by atoms with van der Waals surface area (Å²) in [5.74, 6) is 0.525. The van der Waals surface area contributed by atoms with Crippen molar-refractivity contribution in [3.05, 3.63) is 35.4 Å². The van der Waals surface area contributed by atoms with E-state index >= 15 is 0 Å². The molecular weight excluding hydrogens is 231 g/mol. The van der Waals surface area contributed by atoms with E-state index < -0.39 is 6.17 Å². The topological polar surface area (TPSA) is 0 Å². The third kappa shape index (κ3) is 0.899. The number of fused-ring (bicyclic) bond motifs is 5. The molecule has 0 heterocycles. The minimum atomic E-state index is -0.635. The molecule has 0 spiro atoms.